The first-order valence-electron chi connectivity index (χ1n) is 1.76. The minimum absolute atomic E-state index is 0.0481. The van der Waals surface area contributed by atoms with Crippen molar-refractivity contribution in [3.8, 4) is 6.07 Å². The van der Waals surface area contributed by atoms with Gasteiger partial charge >= 0.3 is 0 Å². The van der Waals surface area contributed by atoms with Crippen LogP contribution in [0.5, 0.6) is 0 Å². The lowest BCUT2D eigenvalue weighted by Gasteiger charge is -1.77. The molecule has 0 aliphatic carbocycles. The molecule has 38 valence electrons. The van der Waals surface area contributed by atoms with Gasteiger partial charge < -0.3 is 0 Å². The van der Waals surface area contributed by atoms with Crippen LogP contribution in [0.4, 0.5) is 0 Å². The summed E-state index contributed by atoms with van der Waals surface area (Å²) in [6.07, 6.45) is -0.0660. The van der Waals surface area contributed by atoms with Crippen LogP contribution in [0.1, 0.15) is 6.42 Å². The highest BCUT2D eigenvalue weighted by atomic mass is 35.5. The molecule has 7 heavy (non-hydrogen) atoms. The molecule has 0 aromatic carbocycles. The summed E-state index contributed by atoms with van der Waals surface area (Å²) in [6.45, 7) is 0. The van der Waals surface area contributed by atoms with E-state index in [1.807, 2.05) is 0 Å². The second kappa shape index (κ2) is 3.63. The third kappa shape index (κ3) is 3.28. The summed E-state index contributed by atoms with van der Waals surface area (Å²) in [5.74, 6) is -0.266. The van der Waals surface area contributed by atoms with Gasteiger partial charge in [0.1, 0.15) is 0 Å². The van der Waals surface area contributed by atoms with E-state index < -0.39 is 0 Å². The van der Waals surface area contributed by atoms with E-state index in [-0.39, 0.29) is 18.1 Å². The smallest absolute Gasteiger partial charge is 0.161 e. The first-order chi connectivity index (χ1) is 3.31. The van der Waals surface area contributed by atoms with Crippen molar-refractivity contribution in [3.05, 3.63) is 0 Å². The minimum atomic E-state index is -0.218. The summed E-state index contributed by atoms with van der Waals surface area (Å²) in [5, 5.41) is 7.84. The number of alkyl halides is 1. The molecule has 0 aliphatic rings. The van der Waals surface area contributed by atoms with E-state index in [2.05, 4.69) is 0 Å². The monoisotopic (exact) mass is 117 g/mol. The Morgan fingerprint density at radius 1 is 1.86 bits per heavy atom. The van der Waals surface area contributed by atoms with Gasteiger partial charge in [0.25, 0.3) is 0 Å². The lowest BCUT2D eigenvalue weighted by Crippen LogP contribution is -1.94. The van der Waals surface area contributed by atoms with E-state index in [0.717, 1.165) is 0 Å². The van der Waals surface area contributed by atoms with Gasteiger partial charge in [0, 0.05) is 0 Å². The van der Waals surface area contributed by atoms with Gasteiger partial charge in [-0.3, -0.25) is 4.79 Å². The largest absolute Gasteiger partial charge is 0.297 e. The lowest BCUT2D eigenvalue weighted by atomic mass is 10.3. The topological polar surface area (TPSA) is 40.9 Å². The zero-order chi connectivity index (χ0) is 5.70. The Labute approximate surface area is 46.7 Å². The van der Waals surface area contributed by atoms with Crippen LogP contribution < -0.4 is 0 Å². The Kier molecular flexibility index (Phi) is 3.35. The molecule has 0 saturated carbocycles. The summed E-state index contributed by atoms with van der Waals surface area (Å²) >= 11 is 5.03. The number of nitrogens with zero attached hydrogens (tertiary/aromatic N) is 1. The molecule has 0 bridgehead atoms. The SMILES string of the molecule is N#CCC(=O)CCl. The van der Waals surface area contributed by atoms with Crippen molar-refractivity contribution >= 4 is 17.4 Å². The fourth-order valence-electron chi connectivity index (χ4n) is 0.135. The van der Waals surface area contributed by atoms with Crippen molar-refractivity contribution in [2.75, 3.05) is 5.88 Å². The molecule has 0 aromatic rings. The number of carbonyl (C=O) groups excluding carboxylic acids is 1. The van der Waals surface area contributed by atoms with Crippen molar-refractivity contribution in [2.24, 2.45) is 0 Å². The Bertz CT molecular complexity index is 105. The molecule has 0 spiro atoms. The van der Waals surface area contributed by atoms with Gasteiger partial charge in [0.15, 0.2) is 5.78 Å². The maximum atomic E-state index is 10.1. The molecule has 2 nitrogen and oxygen atoms in total. The van der Waals surface area contributed by atoms with Crippen LogP contribution in [0.25, 0.3) is 0 Å². The first-order valence-corrected chi connectivity index (χ1v) is 2.29. The summed E-state index contributed by atoms with van der Waals surface area (Å²) in [7, 11) is 0. The van der Waals surface area contributed by atoms with E-state index in [0.29, 0.717) is 0 Å². The predicted molar refractivity (Wildman–Crippen MR) is 26.0 cm³/mol. The molecule has 0 aromatic heterocycles. The maximum absolute atomic E-state index is 10.1. The second-order valence-electron chi connectivity index (χ2n) is 1.01. The van der Waals surface area contributed by atoms with Crippen LogP contribution in [0, 0.1) is 11.3 Å². The van der Waals surface area contributed by atoms with Crippen LogP contribution >= 0.6 is 11.6 Å². The van der Waals surface area contributed by atoms with Crippen molar-refractivity contribution in [1.82, 2.24) is 0 Å². The van der Waals surface area contributed by atoms with Gasteiger partial charge in [-0.2, -0.15) is 5.26 Å². The normalized spacial score (nSPS) is 7.43. The van der Waals surface area contributed by atoms with Gasteiger partial charge in [-0.15, -0.1) is 11.6 Å². The van der Waals surface area contributed by atoms with Crippen molar-refractivity contribution in [3.63, 3.8) is 0 Å². The molecule has 0 radical (unpaired) electrons. The molecule has 0 rings (SSSR count). The quantitative estimate of drug-likeness (QED) is 0.500. The van der Waals surface area contributed by atoms with Gasteiger partial charge in [-0.1, -0.05) is 0 Å². The number of carbonyl (C=O) groups is 1. The molecule has 0 N–H and O–H groups in total. The number of nitriles is 1. The predicted octanol–water partition coefficient (Wildman–Crippen LogP) is 0.708. The average molecular weight is 118 g/mol. The van der Waals surface area contributed by atoms with Gasteiger partial charge in [-0.05, 0) is 0 Å². The van der Waals surface area contributed by atoms with Crippen molar-refractivity contribution in [1.29, 1.82) is 5.26 Å². The standard InChI is InChI=1S/C4H4ClNO/c5-3-4(7)1-2-6/h1,3H2. The first kappa shape index (κ1) is 6.45. The highest BCUT2D eigenvalue weighted by Gasteiger charge is 1.93. The molecule has 0 fully saturated rings. The van der Waals surface area contributed by atoms with Crippen LogP contribution in [-0.2, 0) is 4.79 Å². The number of halogens is 1. The highest BCUT2D eigenvalue weighted by Crippen LogP contribution is 1.82. The summed E-state index contributed by atoms with van der Waals surface area (Å²) in [6, 6.07) is 1.68. The summed E-state index contributed by atoms with van der Waals surface area (Å²) < 4.78 is 0. The number of hydrogen-bond acceptors (Lipinski definition) is 2. The van der Waals surface area contributed by atoms with Crippen LogP contribution in [-0.4, -0.2) is 11.7 Å². The summed E-state index contributed by atoms with van der Waals surface area (Å²) in [4.78, 5) is 10.1. The molecular formula is C4H4ClNO. The molecule has 0 unspecified atom stereocenters. The van der Waals surface area contributed by atoms with Crippen LogP contribution in [0.15, 0.2) is 0 Å². The lowest BCUT2D eigenvalue weighted by molar-refractivity contribution is -0.115. The maximum Gasteiger partial charge on any atom is 0.161 e. The van der Waals surface area contributed by atoms with E-state index >= 15 is 0 Å². The third-order valence-electron chi connectivity index (χ3n) is 0.425. The highest BCUT2D eigenvalue weighted by molar-refractivity contribution is 6.27. The van der Waals surface area contributed by atoms with E-state index in [9.17, 15) is 4.79 Å². The van der Waals surface area contributed by atoms with E-state index in [1.54, 1.807) is 6.07 Å². The number of Topliss-reactive ketones (excluding diaryl/α,β-unsaturated/α-hetero) is 1. The van der Waals surface area contributed by atoms with E-state index in [4.69, 9.17) is 16.9 Å². The Balaban J connectivity index is 3.23. The van der Waals surface area contributed by atoms with Crippen molar-refractivity contribution in [2.45, 2.75) is 6.42 Å². The Morgan fingerprint density at radius 3 is 2.57 bits per heavy atom. The van der Waals surface area contributed by atoms with Crippen LogP contribution in [0.3, 0.4) is 0 Å². The molecule has 0 amide bonds. The fourth-order valence-corrected chi connectivity index (χ4v) is 0.230. The second-order valence-corrected chi connectivity index (χ2v) is 1.27. The molecule has 0 atom stereocenters. The Morgan fingerprint density at radius 2 is 2.43 bits per heavy atom. The fraction of sp³-hybridized carbons (Fsp3) is 0.500. The number of rotatable bonds is 2. The molecule has 0 aliphatic heterocycles. The van der Waals surface area contributed by atoms with Gasteiger partial charge in [-0.25, -0.2) is 0 Å². The average Bonchev–Trinajstić information content (AvgIpc) is 1.68. The van der Waals surface area contributed by atoms with Gasteiger partial charge in [0.05, 0.1) is 18.4 Å². The molecule has 0 heterocycles. The minimum Gasteiger partial charge on any atom is -0.297 e. The van der Waals surface area contributed by atoms with E-state index in [1.165, 1.54) is 0 Å². The number of ketones is 1. The zero-order valence-electron chi connectivity index (χ0n) is 3.65. The van der Waals surface area contributed by atoms with Gasteiger partial charge in [0.2, 0.25) is 0 Å². The van der Waals surface area contributed by atoms with Crippen molar-refractivity contribution < 1.29 is 4.79 Å². The molecule has 3 heteroatoms. The third-order valence-corrected chi connectivity index (χ3v) is 0.723. The molecular weight excluding hydrogens is 114 g/mol. The number of hydrogen-bond donors (Lipinski definition) is 0. The Hall–Kier alpha value is -0.550. The zero-order valence-corrected chi connectivity index (χ0v) is 4.40. The molecule has 0 saturated heterocycles. The van der Waals surface area contributed by atoms with Crippen LogP contribution in [0.2, 0.25) is 0 Å². The summed E-state index contributed by atoms with van der Waals surface area (Å²) in [5.41, 5.74) is 0.